The normalized spacial score (nSPS) is 10.1. The van der Waals surface area contributed by atoms with Crippen LogP contribution in [-0.4, -0.2) is 24.7 Å². The second-order valence-corrected chi connectivity index (χ2v) is 3.41. The van der Waals surface area contributed by atoms with Crippen LogP contribution < -0.4 is 4.74 Å². The molecule has 0 radical (unpaired) electrons. The second-order valence-electron chi connectivity index (χ2n) is 3.41. The summed E-state index contributed by atoms with van der Waals surface area (Å²) < 4.78 is 5.01. The second kappa shape index (κ2) is 6.98. The molecular weight excluding hydrogens is 234 g/mol. The van der Waals surface area contributed by atoms with Gasteiger partial charge in [0, 0.05) is 11.5 Å². The summed E-state index contributed by atoms with van der Waals surface area (Å²) in [6, 6.07) is 4.83. The van der Waals surface area contributed by atoms with Crippen molar-refractivity contribution in [2.75, 3.05) is 13.7 Å². The third-order valence-electron chi connectivity index (χ3n) is 2.23. The number of aromatic carboxylic acids is 1. The lowest BCUT2D eigenvalue weighted by Crippen LogP contribution is -2.00. The third kappa shape index (κ3) is 3.84. The Morgan fingerprint density at radius 3 is 3.00 bits per heavy atom. The highest BCUT2D eigenvalue weighted by Crippen LogP contribution is 2.21. The Labute approximate surface area is 104 Å². The van der Waals surface area contributed by atoms with Crippen LogP contribution in [0.2, 0.25) is 0 Å². The Balaban J connectivity index is 2.79. The van der Waals surface area contributed by atoms with E-state index in [-0.39, 0.29) is 5.56 Å². The molecule has 94 valence electrons. The van der Waals surface area contributed by atoms with Gasteiger partial charge in [0.05, 0.1) is 7.11 Å². The van der Waals surface area contributed by atoms with Gasteiger partial charge >= 0.3 is 5.97 Å². The Morgan fingerprint density at radius 1 is 1.61 bits per heavy atom. The quantitative estimate of drug-likeness (QED) is 0.362. The van der Waals surface area contributed by atoms with E-state index in [2.05, 4.69) is 10.0 Å². The number of carboxylic acids is 1. The number of benzene rings is 1. The minimum atomic E-state index is -1.02. The van der Waals surface area contributed by atoms with Crippen molar-refractivity contribution in [2.45, 2.75) is 6.42 Å². The maximum absolute atomic E-state index is 10.9. The number of rotatable bonds is 6. The molecule has 18 heavy (non-hydrogen) atoms. The smallest absolute Gasteiger partial charge is 0.339 e. The standard InChI is InChI=1S/C12H13N3O3/c1-18-11-8-9(4-2-3-7-14-15-13)5-6-10(11)12(16)17/h2,4-6,8H,3,7H2,1H3,(H,16,17). The van der Waals surface area contributed by atoms with Crippen LogP contribution in [0.15, 0.2) is 29.4 Å². The predicted molar refractivity (Wildman–Crippen MR) is 67.6 cm³/mol. The first-order chi connectivity index (χ1) is 8.69. The van der Waals surface area contributed by atoms with Crippen molar-refractivity contribution >= 4 is 12.0 Å². The molecule has 0 aliphatic heterocycles. The first-order valence-electron chi connectivity index (χ1n) is 5.27. The Bertz CT molecular complexity index is 505. The van der Waals surface area contributed by atoms with Gasteiger partial charge in [0.2, 0.25) is 0 Å². The summed E-state index contributed by atoms with van der Waals surface area (Å²) in [5, 5.41) is 12.3. The van der Waals surface area contributed by atoms with Gasteiger partial charge in [0.25, 0.3) is 0 Å². The maximum Gasteiger partial charge on any atom is 0.339 e. The minimum Gasteiger partial charge on any atom is -0.496 e. The Hall–Kier alpha value is -2.46. The monoisotopic (exact) mass is 247 g/mol. The number of hydrogen-bond acceptors (Lipinski definition) is 3. The SMILES string of the molecule is COc1cc(C=CCCN=[N+]=[N-])ccc1C(=O)O. The molecule has 0 saturated heterocycles. The lowest BCUT2D eigenvalue weighted by molar-refractivity contribution is 0.0693. The van der Waals surface area contributed by atoms with Gasteiger partial charge in [-0.25, -0.2) is 4.79 Å². The fourth-order valence-electron chi connectivity index (χ4n) is 1.38. The van der Waals surface area contributed by atoms with Crippen LogP contribution >= 0.6 is 0 Å². The zero-order valence-electron chi connectivity index (χ0n) is 9.91. The fraction of sp³-hybridized carbons (Fsp3) is 0.250. The molecule has 0 heterocycles. The van der Waals surface area contributed by atoms with Gasteiger partial charge in [0.15, 0.2) is 0 Å². The molecule has 0 aromatic heterocycles. The molecule has 0 aliphatic rings. The van der Waals surface area contributed by atoms with Gasteiger partial charge in [-0.1, -0.05) is 23.3 Å². The van der Waals surface area contributed by atoms with Crippen LogP contribution in [-0.2, 0) is 0 Å². The number of carboxylic acid groups (broad SMARTS) is 1. The molecule has 1 N–H and O–H groups in total. The highest BCUT2D eigenvalue weighted by Gasteiger charge is 2.09. The van der Waals surface area contributed by atoms with Crippen molar-refractivity contribution in [3.05, 3.63) is 45.8 Å². The zero-order valence-corrected chi connectivity index (χ0v) is 9.91. The van der Waals surface area contributed by atoms with Crippen molar-refractivity contribution < 1.29 is 14.6 Å². The summed E-state index contributed by atoms with van der Waals surface area (Å²) in [5.74, 6) is -0.703. The number of azide groups is 1. The molecule has 0 amide bonds. The van der Waals surface area contributed by atoms with Crippen LogP contribution in [0.25, 0.3) is 16.5 Å². The van der Waals surface area contributed by atoms with E-state index >= 15 is 0 Å². The van der Waals surface area contributed by atoms with E-state index < -0.39 is 5.97 Å². The number of ether oxygens (including phenoxy) is 1. The molecule has 0 unspecified atom stereocenters. The van der Waals surface area contributed by atoms with E-state index in [4.69, 9.17) is 15.4 Å². The molecule has 0 aliphatic carbocycles. The lowest BCUT2D eigenvalue weighted by atomic mass is 10.1. The van der Waals surface area contributed by atoms with Crippen molar-refractivity contribution in [1.82, 2.24) is 0 Å². The van der Waals surface area contributed by atoms with Crippen molar-refractivity contribution in [2.24, 2.45) is 5.11 Å². The summed E-state index contributed by atoms with van der Waals surface area (Å²) in [6.07, 6.45) is 4.30. The van der Waals surface area contributed by atoms with Gasteiger partial charge in [0.1, 0.15) is 11.3 Å². The van der Waals surface area contributed by atoms with Gasteiger partial charge in [-0.3, -0.25) is 0 Å². The molecule has 0 saturated carbocycles. The van der Waals surface area contributed by atoms with E-state index in [9.17, 15) is 4.79 Å². The molecule has 1 aromatic carbocycles. The van der Waals surface area contributed by atoms with Crippen LogP contribution in [0.3, 0.4) is 0 Å². The van der Waals surface area contributed by atoms with Crippen LogP contribution in [0.5, 0.6) is 5.75 Å². The molecule has 1 aromatic rings. The van der Waals surface area contributed by atoms with Crippen molar-refractivity contribution in [3.63, 3.8) is 0 Å². The summed E-state index contributed by atoms with van der Waals surface area (Å²) in [7, 11) is 1.43. The molecule has 6 nitrogen and oxygen atoms in total. The summed E-state index contributed by atoms with van der Waals surface area (Å²) >= 11 is 0. The topological polar surface area (TPSA) is 95.3 Å². The Kier molecular flexibility index (Phi) is 5.28. The molecule has 0 fully saturated rings. The Morgan fingerprint density at radius 2 is 2.39 bits per heavy atom. The molecule has 0 atom stereocenters. The average molecular weight is 247 g/mol. The molecule has 0 spiro atoms. The van der Waals surface area contributed by atoms with Gasteiger partial charge in [-0.2, -0.15) is 0 Å². The van der Waals surface area contributed by atoms with E-state index in [1.807, 2.05) is 12.2 Å². The molecule has 1 rings (SSSR count). The molecule has 0 bridgehead atoms. The van der Waals surface area contributed by atoms with Crippen molar-refractivity contribution in [3.8, 4) is 5.75 Å². The summed E-state index contributed by atoms with van der Waals surface area (Å²) in [5.41, 5.74) is 9.06. The van der Waals surface area contributed by atoms with Gasteiger partial charge in [-0.05, 0) is 29.6 Å². The first kappa shape index (κ1) is 13.6. The maximum atomic E-state index is 10.9. The van der Waals surface area contributed by atoms with E-state index in [0.29, 0.717) is 18.7 Å². The highest BCUT2D eigenvalue weighted by molar-refractivity contribution is 5.91. The van der Waals surface area contributed by atoms with Gasteiger partial charge < -0.3 is 9.84 Å². The number of hydrogen-bond donors (Lipinski definition) is 1. The van der Waals surface area contributed by atoms with E-state index in [1.165, 1.54) is 13.2 Å². The predicted octanol–water partition coefficient (Wildman–Crippen LogP) is 3.11. The fourth-order valence-corrected chi connectivity index (χ4v) is 1.38. The first-order valence-corrected chi connectivity index (χ1v) is 5.27. The third-order valence-corrected chi connectivity index (χ3v) is 2.23. The minimum absolute atomic E-state index is 0.128. The lowest BCUT2D eigenvalue weighted by Gasteiger charge is -2.05. The van der Waals surface area contributed by atoms with Crippen molar-refractivity contribution in [1.29, 1.82) is 0 Å². The van der Waals surface area contributed by atoms with E-state index in [1.54, 1.807) is 12.1 Å². The number of methoxy groups -OCH3 is 1. The largest absolute Gasteiger partial charge is 0.496 e. The summed E-state index contributed by atoms with van der Waals surface area (Å²) in [4.78, 5) is 13.5. The van der Waals surface area contributed by atoms with Gasteiger partial charge in [-0.15, -0.1) is 0 Å². The highest BCUT2D eigenvalue weighted by atomic mass is 16.5. The van der Waals surface area contributed by atoms with E-state index in [0.717, 1.165) is 5.56 Å². The van der Waals surface area contributed by atoms with Crippen LogP contribution in [0, 0.1) is 0 Å². The zero-order chi connectivity index (χ0) is 13.4. The molecular formula is C12H13N3O3. The van der Waals surface area contributed by atoms with Crippen LogP contribution in [0.4, 0.5) is 0 Å². The molecule has 6 heteroatoms. The summed E-state index contributed by atoms with van der Waals surface area (Å²) in [6.45, 7) is 0.400. The van der Waals surface area contributed by atoms with Crippen LogP contribution in [0.1, 0.15) is 22.3 Å². The number of nitrogens with zero attached hydrogens (tertiary/aromatic N) is 3. The number of carbonyl (C=O) groups is 1. The average Bonchev–Trinajstić information content (AvgIpc) is 2.38.